The molecule has 12 nitrogen and oxygen atoms in total. The van der Waals surface area contributed by atoms with Crippen molar-refractivity contribution in [3.8, 4) is 0 Å². The Morgan fingerprint density at radius 1 is 1.00 bits per heavy atom. The SMILES string of the molecule is C=CC(=O)N1CCOC[C@@H](S(=O)(=O)c2ccc(N3CC(CN4CCC([C@@](CNC(=O)OC)(c5cccc(F)c5)[C@H]5CCC[C@@H]5CC(=O)OC)CC4)C3)c(F)c2)C1.S. The maximum absolute atomic E-state index is 15.5. The Morgan fingerprint density at radius 2 is 1.75 bits per heavy atom. The lowest BCUT2D eigenvalue weighted by Gasteiger charge is -2.51. The molecule has 1 N–H and O–H groups in total. The molecule has 4 aliphatic rings. The third-order valence-electron chi connectivity index (χ3n) is 12.6. The van der Waals surface area contributed by atoms with Crippen LogP contribution in [-0.4, -0.2) is 121 Å². The quantitative estimate of drug-likeness (QED) is 0.224. The van der Waals surface area contributed by atoms with Crippen LogP contribution in [0, 0.1) is 35.3 Å². The van der Waals surface area contributed by atoms with Crippen molar-refractivity contribution in [1.82, 2.24) is 15.1 Å². The minimum Gasteiger partial charge on any atom is -0.469 e. The van der Waals surface area contributed by atoms with Crippen LogP contribution in [0.4, 0.5) is 19.3 Å². The summed E-state index contributed by atoms with van der Waals surface area (Å²) in [6, 6.07) is 10.7. The second kappa shape index (κ2) is 19.3. The predicted octanol–water partition coefficient (Wildman–Crippen LogP) is 4.69. The van der Waals surface area contributed by atoms with Gasteiger partial charge in [0.15, 0.2) is 9.84 Å². The lowest BCUT2D eigenvalue weighted by molar-refractivity contribution is -0.142. The van der Waals surface area contributed by atoms with Crippen LogP contribution in [0.2, 0.25) is 0 Å². The number of alkyl carbamates (subject to hydrolysis) is 1. The number of piperidine rings is 1. The van der Waals surface area contributed by atoms with Gasteiger partial charge in [-0.25, -0.2) is 22.0 Å². The van der Waals surface area contributed by atoms with Crippen molar-refractivity contribution < 1.29 is 45.8 Å². The Morgan fingerprint density at radius 3 is 2.42 bits per heavy atom. The molecule has 0 spiro atoms. The Hall–Kier alpha value is -3.73. The molecule has 0 bridgehead atoms. The molecular weight excluding hydrogens is 779 g/mol. The monoisotopic (exact) mass is 834 g/mol. The summed E-state index contributed by atoms with van der Waals surface area (Å²) in [6.07, 6.45) is 5.05. The molecule has 1 saturated carbocycles. The maximum atomic E-state index is 15.5. The summed E-state index contributed by atoms with van der Waals surface area (Å²) in [6.45, 7) is 7.65. The molecule has 57 heavy (non-hydrogen) atoms. The number of hydrogen-bond acceptors (Lipinski definition) is 10. The van der Waals surface area contributed by atoms with Gasteiger partial charge in [0.25, 0.3) is 0 Å². The highest BCUT2D eigenvalue weighted by molar-refractivity contribution is 7.92. The molecule has 3 heterocycles. The summed E-state index contributed by atoms with van der Waals surface area (Å²) < 4.78 is 73.0. The Balaban J connectivity index is 0.00000620. The van der Waals surface area contributed by atoms with E-state index in [9.17, 15) is 27.2 Å². The molecule has 6 rings (SSSR count). The first-order valence-electron chi connectivity index (χ1n) is 19.5. The van der Waals surface area contributed by atoms with Gasteiger partial charge in [-0.2, -0.15) is 13.5 Å². The molecule has 0 aromatic heterocycles. The third-order valence-corrected chi connectivity index (χ3v) is 14.7. The van der Waals surface area contributed by atoms with E-state index in [1.165, 1.54) is 37.3 Å². The fraction of sp³-hybridized carbons (Fsp3) is 0.585. The number of carbonyl (C=O) groups is 3. The summed E-state index contributed by atoms with van der Waals surface area (Å²) >= 11 is 0. The molecule has 3 aliphatic heterocycles. The number of ether oxygens (including phenoxy) is 3. The van der Waals surface area contributed by atoms with Gasteiger partial charge in [-0.05, 0) is 98.5 Å². The smallest absolute Gasteiger partial charge is 0.406 e. The highest BCUT2D eigenvalue weighted by Gasteiger charge is 2.52. The average molecular weight is 835 g/mol. The van der Waals surface area contributed by atoms with E-state index >= 15 is 4.39 Å². The van der Waals surface area contributed by atoms with E-state index in [0.29, 0.717) is 18.8 Å². The summed E-state index contributed by atoms with van der Waals surface area (Å²) in [5.74, 6) is -1.25. The van der Waals surface area contributed by atoms with E-state index in [0.717, 1.165) is 69.4 Å². The number of hydrogen-bond donors (Lipinski definition) is 1. The highest BCUT2D eigenvalue weighted by atomic mass is 32.2. The van der Waals surface area contributed by atoms with Gasteiger partial charge in [0.1, 0.15) is 16.9 Å². The lowest BCUT2D eigenvalue weighted by atomic mass is 9.57. The van der Waals surface area contributed by atoms with Crippen LogP contribution in [-0.2, 0) is 39.1 Å². The number of rotatable bonds is 13. The first-order chi connectivity index (χ1) is 26.9. The number of methoxy groups -OCH3 is 2. The largest absolute Gasteiger partial charge is 0.469 e. The Labute approximate surface area is 341 Å². The van der Waals surface area contributed by atoms with Gasteiger partial charge >= 0.3 is 12.1 Å². The van der Waals surface area contributed by atoms with Crippen LogP contribution in [0.15, 0.2) is 60.0 Å². The second-order valence-corrected chi connectivity index (χ2v) is 17.9. The number of nitrogens with zero attached hydrogens (tertiary/aromatic N) is 3. The van der Waals surface area contributed by atoms with Crippen molar-refractivity contribution in [2.24, 2.45) is 23.7 Å². The number of benzene rings is 2. The minimum absolute atomic E-state index is 0. The van der Waals surface area contributed by atoms with Gasteiger partial charge in [0.2, 0.25) is 5.91 Å². The zero-order valence-corrected chi connectivity index (χ0v) is 34.6. The summed E-state index contributed by atoms with van der Waals surface area (Å²) in [7, 11) is -1.28. The molecule has 16 heteroatoms. The van der Waals surface area contributed by atoms with Crippen molar-refractivity contribution in [1.29, 1.82) is 0 Å². The summed E-state index contributed by atoms with van der Waals surface area (Å²) in [4.78, 5) is 42.9. The van der Waals surface area contributed by atoms with Crippen molar-refractivity contribution in [3.05, 3.63) is 72.3 Å². The first kappa shape index (κ1) is 44.4. The molecule has 0 radical (unpaired) electrons. The topological polar surface area (TPSA) is 135 Å². The second-order valence-electron chi connectivity index (χ2n) is 15.7. The number of carbonyl (C=O) groups excluding carboxylic acids is 3. The summed E-state index contributed by atoms with van der Waals surface area (Å²) in [5, 5.41) is 1.94. The molecule has 2 amide bonds. The van der Waals surface area contributed by atoms with E-state index in [1.54, 1.807) is 12.1 Å². The number of sulfone groups is 1. The van der Waals surface area contributed by atoms with Gasteiger partial charge in [0.05, 0.1) is 38.0 Å². The first-order valence-corrected chi connectivity index (χ1v) is 21.1. The fourth-order valence-electron chi connectivity index (χ4n) is 9.74. The van der Waals surface area contributed by atoms with Gasteiger partial charge in [-0.3, -0.25) is 9.59 Å². The molecule has 4 atom stereocenters. The van der Waals surface area contributed by atoms with Gasteiger partial charge in [0, 0.05) is 57.0 Å². The highest BCUT2D eigenvalue weighted by Crippen LogP contribution is 2.53. The van der Waals surface area contributed by atoms with Crippen molar-refractivity contribution in [2.45, 2.75) is 54.1 Å². The molecule has 1 aliphatic carbocycles. The van der Waals surface area contributed by atoms with Gasteiger partial charge in [-0.1, -0.05) is 25.1 Å². The van der Waals surface area contributed by atoms with Crippen LogP contribution in [0.5, 0.6) is 0 Å². The standard InChI is InChI=1S/C41H54F2N4O8S.H2S/c1-4-38(48)46-17-18-55-26-34(25-46)56(51,52)33-11-12-37(36(43)21-33)47-23-28(24-47)22-45-15-13-30(14-16-45)41(27-44-40(50)54-3,31-8-6-9-32(42)20-31)35-10-5-7-29(35)19-39(49)53-2;/h4,6,8-9,11-12,20-21,28-30,34-35H,1,5,7,10,13-19,22-27H2,2-3H3,(H,44,50);1H2/t29-,34+,35+,41+;/m1./s1. The van der Waals surface area contributed by atoms with E-state index < -0.39 is 32.4 Å². The number of halogens is 2. The molecule has 2 aromatic carbocycles. The number of amides is 2. The van der Waals surface area contributed by atoms with Crippen molar-refractivity contribution in [3.63, 3.8) is 0 Å². The normalized spacial score (nSPS) is 23.3. The van der Waals surface area contributed by atoms with Crippen LogP contribution in [0.3, 0.4) is 0 Å². The van der Waals surface area contributed by atoms with E-state index in [-0.39, 0.29) is 99.0 Å². The molecule has 4 fully saturated rings. The maximum Gasteiger partial charge on any atom is 0.406 e. The van der Waals surface area contributed by atoms with E-state index in [2.05, 4.69) is 16.8 Å². The fourth-order valence-corrected chi connectivity index (χ4v) is 11.3. The zero-order chi connectivity index (χ0) is 40.0. The number of esters is 1. The molecular formula is C41H56F2N4O8S2. The third kappa shape index (κ3) is 9.77. The molecule has 3 saturated heterocycles. The summed E-state index contributed by atoms with van der Waals surface area (Å²) in [5.41, 5.74) is 0.515. The molecule has 2 aromatic rings. The van der Waals surface area contributed by atoms with Crippen molar-refractivity contribution in [2.75, 3.05) is 84.7 Å². The average Bonchev–Trinajstić information content (AvgIpc) is 3.49. The zero-order valence-electron chi connectivity index (χ0n) is 32.8. The van der Waals surface area contributed by atoms with Crippen LogP contribution in [0.1, 0.15) is 44.1 Å². The number of anilines is 1. The predicted molar refractivity (Wildman–Crippen MR) is 216 cm³/mol. The van der Waals surface area contributed by atoms with Crippen molar-refractivity contribution >= 4 is 47.0 Å². The van der Waals surface area contributed by atoms with Gasteiger partial charge in [-0.15, -0.1) is 0 Å². The van der Waals surface area contributed by atoms with Crippen LogP contribution < -0.4 is 10.2 Å². The minimum atomic E-state index is -3.99. The lowest BCUT2D eigenvalue weighted by Crippen LogP contribution is -2.56. The van der Waals surface area contributed by atoms with E-state index in [4.69, 9.17) is 14.2 Å². The Kier molecular flexibility index (Phi) is 15.1. The van der Waals surface area contributed by atoms with Crippen LogP contribution in [0.25, 0.3) is 0 Å². The van der Waals surface area contributed by atoms with E-state index in [1.807, 2.05) is 11.0 Å². The van der Waals surface area contributed by atoms with Crippen LogP contribution >= 0.6 is 13.5 Å². The van der Waals surface area contributed by atoms with Gasteiger partial charge < -0.3 is 34.2 Å². The number of nitrogens with one attached hydrogen (secondary N) is 1. The Bertz CT molecular complexity index is 1860. The molecule has 0 unspecified atom stereocenters. The molecule has 314 valence electrons. The number of likely N-dealkylation sites (tertiary alicyclic amines) is 1.